The second-order valence-corrected chi connectivity index (χ2v) is 5.20. The molecule has 0 aliphatic carbocycles. The third-order valence-electron chi connectivity index (χ3n) is 3.14. The quantitative estimate of drug-likeness (QED) is 0.417. The molecule has 3 heterocycles. The Morgan fingerprint density at radius 3 is 2.74 bits per heavy atom. The molecule has 1 aromatic heterocycles. The van der Waals surface area contributed by atoms with E-state index in [0.29, 0.717) is 29.9 Å². The van der Waals surface area contributed by atoms with Gasteiger partial charge < -0.3 is 20.9 Å². The van der Waals surface area contributed by atoms with E-state index >= 15 is 0 Å². The van der Waals surface area contributed by atoms with Crippen LogP contribution in [0.1, 0.15) is 22.5 Å². The van der Waals surface area contributed by atoms with Crippen molar-refractivity contribution in [2.75, 3.05) is 6.54 Å². The average Bonchev–Trinajstić information content (AvgIpc) is 2.83. The number of hydrogen-bond acceptors (Lipinski definition) is 4. The lowest BCUT2D eigenvalue weighted by Gasteiger charge is -2.09. The van der Waals surface area contributed by atoms with E-state index in [1.165, 1.54) is 0 Å². The van der Waals surface area contributed by atoms with Gasteiger partial charge >= 0.3 is 0 Å². The summed E-state index contributed by atoms with van der Waals surface area (Å²) in [6.07, 6.45) is 1.64. The van der Waals surface area contributed by atoms with Gasteiger partial charge in [-0.1, -0.05) is 0 Å². The molecule has 7 nitrogen and oxygen atoms in total. The summed E-state index contributed by atoms with van der Waals surface area (Å²) in [7, 11) is 0. The van der Waals surface area contributed by atoms with E-state index in [2.05, 4.69) is 36.9 Å². The lowest BCUT2D eigenvalue weighted by Crippen LogP contribution is -2.40. The van der Waals surface area contributed by atoms with Crippen LogP contribution < -0.4 is 21.7 Å². The molecule has 3 rings (SSSR count). The number of hydrogen-bond donors (Lipinski definition) is 5. The maximum absolute atomic E-state index is 11.9. The summed E-state index contributed by atoms with van der Waals surface area (Å²) in [5.41, 5.74) is 7.99. The van der Waals surface area contributed by atoms with Crippen molar-refractivity contribution in [3.8, 4) is 0 Å². The summed E-state index contributed by atoms with van der Waals surface area (Å²) in [4.78, 5) is 26.7. The zero-order chi connectivity index (χ0) is 13.6. The molecule has 2 amide bonds. The van der Waals surface area contributed by atoms with Gasteiger partial charge in [-0.2, -0.15) is 0 Å². The van der Waals surface area contributed by atoms with Crippen molar-refractivity contribution in [2.45, 2.75) is 12.7 Å². The van der Waals surface area contributed by atoms with E-state index < -0.39 is 6.29 Å². The Labute approximate surface area is 117 Å². The number of nitrogens with two attached hydrogens (primary N) is 1. The number of carbonyl (C=O) groups excluding carboxylic acids is 2. The van der Waals surface area contributed by atoms with Crippen LogP contribution in [0.3, 0.4) is 0 Å². The molecule has 0 aromatic carbocycles. The van der Waals surface area contributed by atoms with Gasteiger partial charge in [0.05, 0.1) is 0 Å². The Kier molecular flexibility index (Phi) is 2.83. The van der Waals surface area contributed by atoms with E-state index in [4.69, 9.17) is 5.73 Å². The molecule has 2 aliphatic rings. The Bertz CT molecular complexity index is 606. The molecule has 2 aliphatic heterocycles. The fourth-order valence-electron chi connectivity index (χ4n) is 2.33. The van der Waals surface area contributed by atoms with E-state index in [1.807, 2.05) is 0 Å². The number of carbonyl (C=O) groups is 2. The number of halogens is 1. The fourth-order valence-corrected chi connectivity index (χ4v) is 2.88. The van der Waals surface area contributed by atoms with Crippen LogP contribution in [0.25, 0.3) is 5.57 Å². The monoisotopic (exact) mass is 325 g/mol. The molecule has 1 atom stereocenters. The van der Waals surface area contributed by atoms with Crippen LogP contribution in [-0.2, 0) is 4.79 Å². The van der Waals surface area contributed by atoms with Gasteiger partial charge in [-0.25, -0.2) is 0 Å². The summed E-state index contributed by atoms with van der Waals surface area (Å²) in [5, 5.41) is 8.25. The molecule has 1 fully saturated rings. The predicted molar refractivity (Wildman–Crippen MR) is 71.6 cm³/mol. The molecule has 1 aromatic rings. The highest BCUT2D eigenvalue weighted by Crippen LogP contribution is 2.33. The van der Waals surface area contributed by atoms with E-state index in [9.17, 15) is 9.59 Å². The van der Waals surface area contributed by atoms with Crippen LogP contribution in [0.4, 0.5) is 0 Å². The number of aromatic amines is 1. The highest BCUT2D eigenvalue weighted by Gasteiger charge is 2.31. The third kappa shape index (κ3) is 1.92. The summed E-state index contributed by atoms with van der Waals surface area (Å²) in [6, 6.07) is 0. The molecule has 1 saturated heterocycles. The van der Waals surface area contributed by atoms with Crippen LogP contribution >= 0.6 is 15.9 Å². The summed E-state index contributed by atoms with van der Waals surface area (Å²) >= 11 is 3.40. The lowest BCUT2D eigenvalue weighted by atomic mass is 10.0. The van der Waals surface area contributed by atoms with Gasteiger partial charge in [-0.3, -0.25) is 15.3 Å². The van der Waals surface area contributed by atoms with Gasteiger partial charge in [-0.05, 0) is 27.9 Å². The van der Waals surface area contributed by atoms with Crippen molar-refractivity contribution in [3.63, 3.8) is 0 Å². The molecule has 0 saturated carbocycles. The van der Waals surface area contributed by atoms with Crippen molar-refractivity contribution in [2.24, 2.45) is 5.73 Å². The SMILES string of the molecule is NC1NC(=O)/C(=C2/CCNC(=O)c3[nH]cc(Br)c32)N1. The largest absolute Gasteiger partial charge is 0.356 e. The number of amides is 2. The summed E-state index contributed by atoms with van der Waals surface area (Å²) in [5.74, 6) is -0.435. The Morgan fingerprint density at radius 2 is 2.05 bits per heavy atom. The van der Waals surface area contributed by atoms with E-state index in [-0.39, 0.29) is 11.8 Å². The van der Waals surface area contributed by atoms with E-state index in [0.717, 1.165) is 10.0 Å². The molecule has 6 N–H and O–H groups in total. The Morgan fingerprint density at radius 1 is 1.26 bits per heavy atom. The molecule has 8 heteroatoms. The van der Waals surface area contributed by atoms with Gasteiger partial charge in [0.2, 0.25) is 0 Å². The van der Waals surface area contributed by atoms with Crippen molar-refractivity contribution in [3.05, 3.63) is 27.6 Å². The number of nitrogens with one attached hydrogen (secondary N) is 4. The minimum absolute atomic E-state index is 0.181. The number of H-pyrrole nitrogens is 1. The first-order valence-corrected chi connectivity index (χ1v) is 6.59. The van der Waals surface area contributed by atoms with Crippen LogP contribution in [0.5, 0.6) is 0 Å². The van der Waals surface area contributed by atoms with Gasteiger partial charge in [0, 0.05) is 22.8 Å². The smallest absolute Gasteiger partial charge is 0.270 e. The van der Waals surface area contributed by atoms with Crippen molar-refractivity contribution in [1.29, 1.82) is 0 Å². The maximum atomic E-state index is 11.9. The molecule has 1 unspecified atom stereocenters. The van der Waals surface area contributed by atoms with Crippen molar-refractivity contribution < 1.29 is 9.59 Å². The normalized spacial score (nSPS) is 26.3. The van der Waals surface area contributed by atoms with Crippen LogP contribution in [0, 0.1) is 0 Å². The topological polar surface area (TPSA) is 112 Å². The zero-order valence-corrected chi connectivity index (χ0v) is 11.4. The van der Waals surface area contributed by atoms with Gasteiger partial charge in [0.1, 0.15) is 11.4 Å². The minimum Gasteiger partial charge on any atom is -0.356 e. The van der Waals surface area contributed by atoms with E-state index in [1.54, 1.807) is 6.20 Å². The third-order valence-corrected chi connectivity index (χ3v) is 3.76. The molecular formula is C11H12BrN5O2. The second-order valence-electron chi connectivity index (χ2n) is 4.34. The average molecular weight is 326 g/mol. The maximum Gasteiger partial charge on any atom is 0.270 e. The van der Waals surface area contributed by atoms with Crippen molar-refractivity contribution in [1.82, 2.24) is 20.9 Å². The van der Waals surface area contributed by atoms with Gasteiger partial charge in [0.15, 0.2) is 6.29 Å². The number of aromatic nitrogens is 1. The Balaban J connectivity index is 2.19. The van der Waals surface area contributed by atoms with Crippen molar-refractivity contribution >= 4 is 33.3 Å². The van der Waals surface area contributed by atoms with Gasteiger partial charge in [-0.15, -0.1) is 0 Å². The highest BCUT2D eigenvalue weighted by molar-refractivity contribution is 9.10. The fraction of sp³-hybridized carbons (Fsp3) is 0.273. The molecule has 19 heavy (non-hydrogen) atoms. The first-order chi connectivity index (χ1) is 9.08. The number of rotatable bonds is 0. The zero-order valence-electron chi connectivity index (χ0n) is 9.84. The predicted octanol–water partition coefficient (Wildman–Crippen LogP) is -0.417. The first kappa shape index (κ1) is 12.2. The molecule has 0 bridgehead atoms. The lowest BCUT2D eigenvalue weighted by molar-refractivity contribution is -0.116. The number of fused-ring (bicyclic) bond motifs is 1. The minimum atomic E-state index is -0.594. The Hall–Kier alpha value is -1.80. The van der Waals surface area contributed by atoms with Crippen LogP contribution in [0.2, 0.25) is 0 Å². The first-order valence-electron chi connectivity index (χ1n) is 5.79. The van der Waals surface area contributed by atoms with Gasteiger partial charge in [0.25, 0.3) is 11.8 Å². The second kappa shape index (κ2) is 4.39. The highest BCUT2D eigenvalue weighted by atomic mass is 79.9. The van der Waals surface area contributed by atoms with Crippen LogP contribution in [0.15, 0.2) is 16.4 Å². The summed E-state index contributed by atoms with van der Waals surface area (Å²) in [6.45, 7) is 0.469. The molecule has 100 valence electrons. The summed E-state index contributed by atoms with van der Waals surface area (Å²) < 4.78 is 0.747. The molecular weight excluding hydrogens is 314 g/mol. The molecule has 0 spiro atoms. The van der Waals surface area contributed by atoms with Crippen LogP contribution in [-0.4, -0.2) is 29.6 Å². The molecule has 0 radical (unpaired) electrons. The standard InChI is InChI=1S/C11H12BrN5O2/c12-5-3-15-8-6(5)4(1-2-14-9(8)18)7-10(19)17-11(13)16-7/h3,11,15-16H,1-2,13H2,(H,14,18)(H,17,19)/b7-4+.